The lowest BCUT2D eigenvalue weighted by atomic mass is 10.2. The van der Waals surface area contributed by atoms with Crippen LogP contribution in [0.25, 0.3) is 0 Å². The van der Waals surface area contributed by atoms with Gasteiger partial charge in [-0.15, -0.1) is 0 Å². The Balaban J connectivity index is 1.69. The molecular weight excluding hydrogens is 312 g/mol. The monoisotopic (exact) mass is 330 g/mol. The van der Waals surface area contributed by atoms with Gasteiger partial charge in [0, 0.05) is 35.4 Å². The molecule has 1 N–H and O–H groups in total. The first-order valence-electron chi connectivity index (χ1n) is 7.75. The molecule has 23 heavy (non-hydrogen) atoms. The van der Waals surface area contributed by atoms with Crippen molar-refractivity contribution in [2.24, 2.45) is 0 Å². The maximum atomic E-state index is 12.2. The zero-order valence-electron chi connectivity index (χ0n) is 13.1. The van der Waals surface area contributed by atoms with Crippen LogP contribution in [0.3, 0.4) is 0 Å². The summed E-state index contributed by atoms with van der Waals surface area (Å²) in [7, 11) is 0. The Morgan fingerprint density at radius 2 is 2.04 bits per heavy atom. The molecule has 0 bridgehead atoms. The molecule has 0 saturated carbocycles. The summed E-state index contributed by atoms with van der Waals surface area (Å²) in [6.07, 6.45) is 2.40. The summed E-state index contributed by atoms with van der Waals surface area (Å²) >= 11 is 5.91. The normalized spacial score (nSPS) is 14.1. The molecule has 0 atom stereocenters. The van der Waals surface area contributed by atoms with Crippen molar-refractivity contribution in [2.75, 3.05) is 18.0 Å². The van der Waals surface area contributed by atoms with Crippen LogP contribution in [-0.2, 0) is 6.54 Å². The fourth-order valence-corrected chi connectivity index (χ4v) is 2.88. The predicted molar refractivity (Wildman–Crippen MR) is 90.8 cm³/mol. The van der Waals surface area contributed by atoms with E-state index in [9.17, 15) is 4.79 Å². The predicted octanol–water partition coefficient (Wildman–Crippen LogP) is 2.97. The third-order valence-corrected chi connectivity index (χ3v) is 4.05. The lowest BCUT2D eigenvalue weighted by molar-refractivity contribution is 0.0950. The highest BCUT2D eigenvalue weighted by Crippen LogP contribution is 2.18. The van der Waals surface area contributed by atoms with E-state index in [1.54, 1.807) is 24.3 Å². The van der Waals surface area contributed by atoms with Crippen molar-refractivity contribution in [3.63, 3.8) is 0 Å². The van der Waals surface area contributed by atoms with Crippen molar-refractivity contribution >= 4 is 23.3 Å². The molecule has 1 saturated heterocycles. The van der Waals surface area contributed by atoms with E-state index in [0.717, 1.165) is 24.6 Å². The van der Waals surface area contributed by atoms with E-state index in [0.29, 0.717) is 23.0 Å². The Kier molecular flexibility index (Phi) is 4.76. The zero-order chi connectivity index (χ0) is 16.2. The molecule has 2 heterocycles. The summed E-state index contributed by atoms with van der Waals surface area (Å²) < 4.78 is 0. The lowest BCUT2D eigenvalue weighted by Crippen LogP contribution is -2.25. The number of anilines is 1. The molecule has 0 spiro atoms. The summed E-state index contributed by atoms with van der Waals surface area (Å²) in [6, 6.07) is 8.86. The topological polar surface area (TPSA) is 58.1 Å². The van der Waals surface area contributed by atoms with Gasteiger partial charge in [-0.25, -0.2) is 9.97 Å². The van der Waals surface area contributed by atoms with E-state index in [1.165, 1.54) is 12.8 Å². The number of rotatable bonds is 4. The second-order valence-electron chi connectivity index (χ2n) is 5.67. The van der Waals surface area contributed by atoms with Gasteiger partial charge < -0.3 is 10.2 Å². The molecule has 120 valence electrons. The van der Waals surface area contributed by atoms with Crippen LogP contribution < -0.4 is 10.2 Å². The molecule has 1 aromatic heterocycles. The average molecular weight is 331 g/mol. The number of carbonyl (C=O) groups excluding carboxylic acids is 1. The molecule has 3 rings (SSSR count). The molecule has 1 aliphatic heterocycles. The molecule has 0 unspecified atom stereocenters. The second kappa shape index (κ2) is 6.96. The third kappa shape index (κ3) is 3.99. The molecule has 1 fully saturated rings. The van der Waals surface area contributed by atoms with Gasteiger partial charge in [0.15, 0.2) is 0 Å². The van der Waals surface area contributed by atoms with Gasteiger partial charge in [0.05, 0.1) is 6.54 Å². The Morgan fingerprint density at radius 1 is 1.26 bits per heavy atom. The molecule has 2 aromatic rings. The van der Waals surface area contributed by atoms with Crippen LogP contribution in [0.4, 0.5) is 5.82 Å². The fourth-order valence-electron chi connectivity index (χ4n) is 2.69. The summed E-state index contributed by atoms with van der Waals surface area (Å²) in [5.74, 6) is 1.39. The Labute approximate surface area is 140 Å². The van der Waals surface area contributed by atoms with Crippen LogP contribution in [0.2, 0.25) is 5.02 Å². The number of benzene rings is 1. The van der Waals surface area contributed by atoms with Gasteiger partial charge in [-0.05, 0) is 38.0 Å². The molecule has 1 aromatic carbocycles. The van der Waals surface area contributed by atoms with Crippen molar-refractivity contribution in [1.82, 2.24) is 15.3 Å². The number of hydrogen-bond acceptors (Lipinski definition) is 4. The lowest BCUT2D eigenvalue weighted by Gasteiger charge is -2.17. The number of nitrogens with one attached hydrogen (secondary N) is 1. The van der Waals surface area contributed by atoms with Crippen LogP contribution in [0.15, 0.2) is 30.3 Å². The van der Waals surface area contributed by atoms with Crippen LogP contribution in [0.5, 0.6) is 0 Å². The average Bonchev–Trinajstić information content (AvgIpc) is 3.06. The van der Waals surface area contributed by atoms with E-state index in [2.05, 4.69) is 20.2 Å². The molecule has 0 radical (unpaired) electrons. The maximum absolute atomic E-state index is 12.2. The highest BCUT2D eigenvalue weighted by atomic mass is 35.5. The highest BCUT2D eigenvalue weighted by molar-refractivity contribution is 6.30. The molecule has 6 heteroatoms. The number of halogens is 1. The van der Waals surface area contributed by atoms with Crippen LogP contribution in [0, 0.1) is 6.92 Å². The number of aromatic nitrogens is 2. The maximum Gasteiger partial charge on any atom is 0.251 e. The molecule has 0 aliphatic carbocycles. The Hall–Kier alpha value is -2.14. The minimum Gasteiger partial charge on any atom is -0.357 e. The summed E-state index contributed by atoms with van der Waals surface area (Å²) in [5, 5.41) is 3.39. The van der Waals surface area contributed by atoms with E-state index in [-0.39, 0.29) is 5.91 Å². The minimum atomic E-state index is -0.180. The molecule has 1 aliphatic rings. The van der Waals surface area contributed by atoms with Gasteiger partial charge >= 0.3 is 0 Å². The van der Waals surface area contributed by atoms with Crippen molar-refractivity contribution in [2.45, 2.75) is 26.3 Å². The van der Waals surface area contributed by atoms with Crippen LogP contribution in [-0.4, -0.2) is 29.0 Å². The Morgan fingerprint density at radius 3 is 2.78 bits per heavy atom. The second-order valence-corrected chi connectivity index (χ2v) is 6.11. The highest BCUT2D eigenvalue weighted by Gasteiger charge is 2.15. The summed E-state index contributed by atoms with van der Waals surface area (Å²) in [6.45, 7) is 4.31. The van der Waals surface area contributed by atoms with Gasteiger partial charge in [0.2, 0.25) is 0 Å². The number of nitrogens with zero attached hydrogens (tertiary/aromatic N) is 3. The van der Waals surface area contributed by atoms with Gasteiger partial charge in [-0.1, -0.05) is 17.7 Å². The van der Waals surface area contributed by atoms with Gasteiger partial charge in [-0.2, -0.15) is 0 Å². The smallest absolute Gasteiger partial charge is 0.251 e. The third-order valence-electron chi connectivity index (χ3n) is 3.81. The van der Waals surface area contributed by atoms with E-state index < -0.39 is 0 Å². The Bertz CT molecular complexity index is 713. The number of aryl methyl sites for hydroxylation is 1. The first kappa shape index (κ1) is 15.7. The van der Waals surface area contributed by atoms with Gasteiger partial charge in [0.25, 0.3) is 5.91 Å². The number of carbonyl (C=O) groups is 1. The molecule has 5 nitrogen and oxygen atoms in total. The first-order chi connectivity index (χ1) is 11.1. The SMILES string of the molecule is Cc1cc(N2CCCC2)nc(CNC(=O)c2cccc(Cl)c2)n1. The quantitative estimate of drug-likeness (QED) is 0.936. The zero-order valence-corrected chi connectivity index (χ0v) is 13.8. The fraction of sp³-hybridized carbons (Fsp3) is 0.353. The van der Waals surface area contributed by atoms with Crippen LogP contribution >= 0.6 is 11.6 Å². The molecular formula is C17H19ClN4O. The number of amides is 1. The van der Waals surface area contributed by atoms with Crippen molar-refractivity contribution in [3.05, 3.63) is 52.4 Å². The van der Waals surface area contributed by atoms with Crippen molar-refractivity contribution in [1.29, 1.82) is 0 Å². The van der Waals surface area contributed by atoms with E-state index in [4.69, 9.17) is 11.6 Å². The number of hydrogen-bond donors (Lipinski definition) is 1. The van der Waals surface area contributed by atoms with Crippen LogP contribution in [0.1, 0.15) is 34.7 Å². The van der Waals surface area contributed by atoms with E-state index in [1.807, 2.05) is 13.0 Å². The van der Waals surface area contributed by atoms with Crippen molar-refractivity contribution < 1.29 is 4.79 Å². The van der Waals surface area contributed by atoms with Crippen molar-refractivity contribution in [3.8, 4) is 0 Å². The summed E-state index contributed by atoms with van der Waals surface area (Å²) in [4.78, 5) is 23.4. The first-order valence-corrected chi connectivity index (χ1v) is 8.13. The van der Waals surface area contributed by atoms with Gasteiger partial charge in [0.1, 0.15) is 11.6 Å². The largest absolute Gasteiger partial charge is 0.357 e. The summed E-state index contributed by atoms with van der Waals surface area (Å²) in [5.41, 5.74) is 1.44. The standard InChI is InChI=1S/C17H19ClN4O/c1-12-9-16(22-7-2-3-8-22)21-15(20-12)11-19-17(23)13-5-4-6-14(18)10-13/h4-6,9-10H,2-3,7-8,11H2,1H3,(H,19,23). The minimum absolute atomic E-state index is 0.180. The van der Waals surface area contributed by atoms with Gasteiger partial charge in [-0.3, -0.25) is 4.79 Å². The van der Waals surface area contributed by atoms with E-state index >= 15 is 0 Å². The molecule has 1 amide bonds.